The van der Waals surface area contributed by atoms with Gasteiger partial charge in [0.1, 0.15) is 0 Å². The molecular formula is C21H19ClN4O. The number of aromatic nitrogens is 2. The van der Waals surface area contributed by atoms with Crippen LogP contribution < -0.4 is 10.2 Å². The summed E-state index contributed by atoms with van der Waals surface area (Å²) in [5, 5.41) is 3.44. The molecule has 1 aliphatic rings. The van der Waals surface area contributed by atoms with Gasteiger partial charge in [-0.2, -0.15) is 0 Å². The maximum Gasteiger partial charge on any atom is 0.255 e. The summed E-state index contributed by atoms with van der Waals surface area (Å²) in [5.41, 5.74) is 3.02. The normalized spacial score (nSPS) is 13.6. The van der Waals surface area contributed by atoms with Crippen molar-refractivity contribution >= 4 is 29.1 Å². The summed E-state index contributed by atoms with van der Waals surface area (Å²) in [7, 11) is 0. The average molecular weight is 379 g/mol. The highest BCUT2D eigenvalue weighted by Gasteiger charge is 2.15. The van der Waals surface area contributed by atoms with Gasteiger partial charge in [-0.05, 0) is 48.7 Å². The molecule has 1 amide bonds. The molecule has 6 heteroatoms. The Kier molecular flexibility index (Phi) is 5.03. The molecule has 0 spiro atoms. The van der Waals surface area contributed by atoms with Crippen molar-refractivity contribution in [2.45, 2.75) is 12.8 Å². The first-order chi connectivity index (χ1) is 13.2. The summed E-state index contributed by atoms with van der Waals surface area (Å²) >= 11 is 5.97. The average Bonchev–Trinajstić information content (AvgIpc) is 3.23. The minimum absolute atomic E-state index is 0.186. The third-order valence-electron chi connectivity index (χ3n) is 4.57. The van der Waals surface area contributed by atoms with Gasteiger partial charge in [0.15, 0.2) is 0 Å². The van der Waals surface area contributed by atoms with E-state index < -0.39 is 0 Å². The Morgan fingerprint density at radius 1 is 0.963 bits per heavy atom. The highest BCUT2D eigenvalue weighted by atomic mass is 35.5. The first kappa shape index (κ1) is 17.5. The number of nitrogens with zero attached hydrogens (tertiary/aromatic N) is 3. The molecule has 2 heterocycles. The number of benzene rings is 2. The standard InChI is InChI=1S/C21H19ClN4O/c22-18-7-4-8-19(12-18)25-20(27)16-6-3-5-15(11-16)17-13-23-21(24-14-17)26-9-1-2-10-26/h3-8,11-14H,1-2,9-10H2,(H,25,27). The maximum absolute atomic E-state index is 12.5. The van der Waals surface area contributed by atoms with Gasteiger partial charge in [0.2, 0.25) is 5.95 Å². The number of anilines is 2. The lowest BCUT2D eigenvalue weighted by Gasteiger charge is -2.14. The highest BCUT2D eigenvalue weighted by Crippen LogP contribution is 2.22. The number of amides is 1. The fourth-order valence-electron chi connectivity index (χ4n) is 3.16. The molecule has 2 aromatic carbocycles. The minimum Gasteiger partial charge on any atom is -0.341 e. The van der Waals surface area contributed by atoms with Crippen molar-refractivity contribution in [2.24, 2.45) is 0 Å². The number of carbonyl (C=O) groups excluding carboxylic acids is 1. The van der Waals surface area contributed by atoms with Crippen LogP contribution in [0.15, 0.2) is 60.9 Å². The lowest BCUT2D eigenvalue weighted by atomic mass is 10.1. The SMILES string of the molecule is O=C(Nc1cccc(Cl)c1)c1cccc(-c2cnc(N3CCCC3)nc2)c1. The smallest absolute Gasteiger partial charge is 0.255 e. The summed E-state index contributed by atoms with van der Waals surface area (Å²) < 4.78 is 0. The van der Waals surface area contributed by atoms with E-state index in [0.717, 1.165) is 30.2 Å². The molecule has 1 aromatic heterocycles. The Bertz CT molecular complexity index is 952. The van der Waals surface area contributed by atoms with Gasteiger partial charge in [-0.25, -0.2) is 9.97 Å². The third kappa shape index (κ3) is 4.09. The van der Waals surface area contributed by atoms with Crippen LogP contribution in [-0.2, 0) is 0 Å². The summed E-state index contributed by atoms with van der Waals surface area (Å²) in [5.74, 6) is 0.583. The predicted molar refractivity (Wildman–Crippen MR) is 108 cm³/mol. The molecular weight excluding hydrogens is 360 g/mol. The molecule has 3 aromatic rings. The van der Waals surface area contributed by atoms with E-state index in [4.69, 9.17) is 11.6 Å². The highest BCUT2D eigenvalue weighted by molar-refractivity contribution is 6.31. The summed E-state index contributed by atoms with van der Waals surface area (Å²) in [6, 6.07) is 14.5. The van der Waals surface area contributed by atoms with Crippen LogP contribution in [0.1, 0.15) is 23.2 Å². The van der Waals surface area contributed by atoms with E-state index in [2.05, 4.69) is 20.2 Å². The largest absolute Gasteiger partial charge is 0.341 e. The maximum atomic E-state index is 12.5. The van der Waals surface area contributed by atoms with E-state index in [1.165, 1.54) is 12.8 Å². The van der Waals surface area contributed by atoms with Gasteiger partial charge < -0.3 is 10.2 Å². The zero-order chi connectivity index (χ0) is 18.6. The molecule has 27 heavy (non-hydrogen) atoms. The first-order valence-electron chi connectivity index (χ1n) is 8.93. The van der Waals surface area contributed by atoms with Crippen LogP contribution in [0.4, 0.5) is 11.6 Å². The van der Waals surface area contributed by atoms with Crippen molar-refractivity contribution in [1.29, 1.82) is 0 Å². The molecule has 4 rings (SSSR count). The lowest BCUT2D eigenvalue weighted by Crippen LogP contribution is -2.20. The second kappa shape index (κ2) is 7.76. The number of hydrogen-bond donors (Lipinski definition) is 1. The van der Waals surface area contributed by atoms with E-state index in [9.17, 15) is 4.79 Å². The van der Waals surface area contributed by atoms with Crippen molar-refractivity contribution in [1.82, 2.24) is 9.97 Å². The van der Waals surface area contributed by atoms with Crippen molar-refractivity contribution in [3.63, 3.8) is 0 Å². The van der Waals surface area contributed by atoms with Crippen molar-refractivity contribution in [3.05, 3.63) is 71.5 Å². The molecule has 1 N–H and O–H groups in total. The minimum atomic E-state index is -0.186. The van der Waals surface area contributed by atoms with Crippen LogP contribution in [0.25, 0.3) is 11.1 Å². The van der Waals surface area contributed by atoms with Crippen LogP contribution in [-0.4, -0.2) is 29.0 Å². The number of halogens is 1. The molecule has 0 saturated carbocycles. The van der Waals surface area contributed by atoms with Crippen LogP contribution in [0.3, 0.4) is 0 Å². The van der Waals surface area contributed by atoms with E-state index in [1.54, 1.807) is 30.3 Å². The van der Waals surface area contributed by atoms with Gasteiger partial charge in [-0.15, -0.1) is 0 Å². The van der Waals surface area contributed by atoms with Gasteiger partial charge in [-0.1, -0.05) is 29.8 Å². The number of carbonyl (C=O) groups is 1. The Morgan fingerprint density at radius 3 is 2.44 bits per heavy atom. The van der Waals surface area contributed by atoms with E-state index in [0.29, 0.717) is 16.3 Å². The van der Waals surface area contributed by atoms with Crippen LogP contribution in [0, 0.1) is 0 Å². The molecule has 1 fully saturated rings. The van der Waals surface area contributed by atoms with Crippen LogP contribution in [0.2, 0.25) is 5.02 Å². The van der Waals surface area contributed by atoms with E-state index in [-0.39, 0.29) is 5.91 Å². The quantitative estimate of drug-likeness (QED) is 0.718. The summed E-state index contributed by atoms with van der Waals surface area (Å²) in [6.45, 7) is 2.02. The fraction of sp³-hybridized carbons (Fsp3) is 0.190. The first-order valence-corrected chi connectivity index (χ1v) is 9.31. The van der Waals surface area contributed by atoms with E-state index in [1.807, 2.05) is 30.6 Å². The molecule has 1 saturated heterocycles. The fourth-order valence-corrected chi connectivity index (χ4v) is 3.35. The van der Waals surface area contributed by atoms with E-state index >= 15 is 0 Å². The Hall–Kier alpha value is -2.92. The molecule has 0 unspecified atom stereocenters. The zero-order valence-corrected chi connectivity index (χ0v) is 15.5. The van der Waals surface area contributed by atoms with Gasteiger partial charge in [-0.3, -0.25) is 4.79 Å². The van der Waals surface area contributed by atoms with Gasteiger partial charge in [0.05, 0.1) is 0 Å². The van der Waals surface area contributed by atoms with Crippen LogP contribution >= 0.6 is 11.6 Å². The topological polar surface area (TPSA) is 58.1 Å². The number of nitrogens with one attached hydrogen (secondary N) is 1. The molecule has 0 bridgehead atoms. The predicted octanol–water partition coefficient (Wildman–Crippen LogP) is 4.65. The molecule has 0 aliphatic carbocycles. The van der Waals surface area contributed by atoms with Crippen molar-refractivity contribution in [3.8, 4) is 11.1 Å². The van der Waals surface area contributed by atoms with Gasteiger partial charge >= 0.3 is 0 Å². The molecule has 0 atom stereocenters. The second-order valence-electron chi connectivity index (χ2n) is 6.51. The van der Waals surface area contributed by atoms with Crippen LogP contribution in [0.5, 0.6) is 0 Å². The van der Waals surface area contributed by atoms with Crippen molar-refractivity contribution in [2.75, 3.05) is 23.3 Å². The molecule has 5 nitrogen and oxygen atoms in total. The Labute approximate surface area is 163 Å². The molecule has 136 valence electrons. The molecule has 1 aliphatic heterocycles. The van der Waals surface area contributed by atoms with Gasteiger partial charge in [0, 0.05) is 47.3 Å². The Balaban J connectivity index is 1.52. The lowest BCUT2D eigenvalue weighted by molar-refractivity contribution is 0.102. The number of rotatable bonds is 4. The summed E-state index contributed by atoms with van der Waals surface area (Å²) in [6.07, 6.45) is 6.01. The summed E-state index contributed by atoms with van der Waals surface area (Å²) in [4.78, 5) is 23.7. The van der Waals surface area contributed by atoms with Gasteiger partial charge in [0.25, 0.3) is 5.91 Å². The third-order valence-corrected chi connectivity index (χ3v) is 4.80. The molecule has 0 radical (unpaired) electrons. The Morgan fingerprint density at radius 2 is 1.70 bits per heavy atom. The zero-order valence-electron chi connectivity index (χ0n) is 14.7. The second-order valence-corrected chi connectivity index (χ2v) is 6.95. The van der Waals surface area contributed by atoms with Crippen molar-refractivity contribution < 1.29 is 4.79 Å². The monoisotopic (exact) mass is 378 g/mol. The number of hydrogen-bond acceptors (Lipinski definition) is 4.